The summed E-state index contributed by atoms with van der Waals surface area (Å²) in [5.41, 5.74) is 1.79. The van der Waals surface area contributed by atoms with Crippen LogP contribution in [-0.4, -0.2) is 19.7 Å². The molecule has 2 aromatic rings. The van der Waals surface area contributed by atoms with E-state index in [1.807, 2.05) is 24.7 Å². The van der Waals surface area contributed by atoms with E-state index in [1.54, 1.807) is 6.20 Å². The van der Waals surface area contributed by atoms with Crippen molar-refractivity contribution in [2.75, 3.05) is 0 Å². The smallest absolute Gasteiger partial charge is 0.251 e. The fourth-order valence-corrected chi connectivity index (χ4v) is 1.65. The Balaban J connectivity index is 2.10. The molecule has 0 atom stereocenters. The zero-order chi connectivity index (χ0) is 11.5. The van der Waals surface area contributed by atoms with Crippen LogP contribution in [0.25, 0.3) is 0 Å². The summed E-state index contributed by atoms with van der Waals surface area (Å²) in [6, 6.07) is 3.46. The van der Waals surface area contributed by atoms with Crippen LogP contribution < -0.4 is 5.56 Å². The summed E-state index contributed by atoms with van der Waals surface area (Å²) in [6.45, 7) is 1.82. The van der Waals surface area contributed by atoms with Gasteiger partial charge < -0.3 is 4.98 Å². The van der Waals surface area contributed by atoms with Crippen LogP contribution in [0.15, 0.2) is 23.1 Å². The summed E-state index contributed by atoms with van der Waals surface area (Å²) in [4.78, 5) is 18.2. The molecule has 0 saturated carbocycles. The molecule has 0 saturated heterocycles. The van der Waals surface area contributed by atoms with E-state index < -0.39 is 0 Å². The molecule has 0 aromatic carbocycles. The molecular formula is C11H14N4O. The van der Waals surface area contributed by atoms with E-state index in [-0.39, 0.29) is 5.56 Å². The summed E-state index contributed by atoms with van der Waals surface area (Å²) in [5, 5.41) is 4.09. The molecule has 2 aromatic heterocycles. The molecule has 0 radical (unpaired) electrons. The molecule has 0 unspecified atom stereocenters. The van der Waals surface area contributed by atoms with Crippen molar-refractivity contribution in [1.82, 2.24) is 19.7 Å². The van der Waals surface area contributed by atoms with Gasteiger partial charge in [-0.25, -0.2) is 4.98 Å². The van der Waals surface area contributed by atoms with Crippen molar-refractivity contribution >= 4 is 0 Å². The number of aryl methyl sites for hydroxylation is 4. The lowest BCUT2D eigenvalue weighted by atomic mass is 10.2. The number of nitrogens with one attached hydrogen (secondary N) is 1. The summed E-state index contributed by atoms with van der Waals surface area (Å²) >= 11 is 0. The van der Waals surface area contributed by atoms with Crippen LogP contribution in [0.3, 0.4) is 0 Å². The van der Waals surface area contributed by atoms with Gasteiger partial charge in [0.2, 0.25) is 0 Å². The molecular weight excluding hydrogens is 204 g/mol. The number of hydrogen-bond acceptors (Lipinski definition) is 3. The van der Waals surface area contributed by atoms with Crippen LogP contribution in [0.4, 0.5) is 0 Å². The van der Waals surface area contributed by atoms with Crippen LogP contribution in [-0.2, 0) is 19.9 Å². The summed E-state index contributed by atoms with van der Waals surface area (Å²) in [7, 11) is 1.90. The molecule has 0 aliphatic rings. The van der Waals surface area contributed by atoms with E-state index in [4.69, 9.17) is 0 Å². The van der Waals surface area contributed by atoms with Gasteiger partial charge in [0, 0.05) is 37.1 Å². The third kappa shape index (κ3) is 2.36. The lowest BCUT2D eigenvalue weighted by Crippen LogP contribution is -2.12. The molecule has 0 aliphatic carbocycles. The molecule has 0 bridgehead atoms. The Hall–Kier alpha value is -1.91. The first kappa shape index (κ1) is 10.6. The van der Waals surface area contributed by atoms with Crippen molar-refractivity contribution in [3.63, 3.8) is 0 Å². The maximum Gasteiger partial charge on any atom is 0.251 e. The van der Waals surface area contributed by atoms with Crippen molar-refractivity contribution in [2.45, 2.75) is 19.8 Å². The number of aromatic amines is 1. The molecule has 16 heavy (non-hydrogen) atoms. The highest BCUT2D eigenvalue weighted by Gasteiger charge is 2.02. The Kier molecular flexibility index (Phi) is 2.85. The average molecular weight is 218 g/mol. The van der Waals surface area contributed by atoms with Gasteiger partial charge in [-0.1, -0.05) is 0 Å². The molecule has 0 aliphatic heterocycles. The fourth-order valence-electron chi connectivity index (χ4n) is 1.65. The Morgan fingerprint density at radius 1 is 1.44 bits per heavy atom. The van der Waals surface area contributed by atoms with Gasteiger partial charge in [-0.15, -0.1) is 0 Å². The van der Waals surface area contributed by atoms with Crippen molar-refractivity contribution < 1.29 is 0 Å². The number of nitrogens with zero attached hydrogens (tertiary/aromatic N) is 3. The third-order valence-corrected chi connectivity index (χ3v) is 2.46. The molecule has 2 heterocycles. The maximum absolute atomic E-state index is 11.2. The standard InChI is InChI=1S/C11H14N4O/c1-8-7-11(16)14-10(13-8)4-3-9-5-6-12-15(9)2/h5-7H,3-4H2,1-2H3,(H,13,14,16). The molecule has 5 nitrogen and oxygen atoms in total. The number of hydrogen-bond donors (Lipinski definition) is 1. The Morgan fingerprint density at radius 3 is 2.88 bits per heavy atom. The number of rotatable bonds is 3. The van der Waals surface area contributed by atoms with Gasteiger partial charge in [0.1, 0.15) is 5.82 Å². The lowest BCUT2D eigenvalue weighted by molar-refractivity contribution is 0.692. The predicted molar refractivity (Wildman–Crippen MR) is 60.2 cm³/mol. The van der Waals surface area contributed by atoms with Gasteiger partial charge in [0.15, 0.2) is 0 Å². The minimum absolute atomic E-state index is 0.0903. The molecule has 84 valence electrons. The zero-order valence-corrected chi connectivity index (χ0v) is 9.40. The Bertz CT molecular complexity index is 541. The van der Waals surface area contributed by atoms with Crippen molar-refractivity contribution in [3.8, 4) is 0 Å². The lowest BCUT2D eigenvalue weighted by Gasteiger charge is -2.02. The van der Waals surface area contributed by atoms with Crippen LogP contribution in [0, 0.1) is 6.92 Å². The van der Waals surface area contributed by atoms with E-state index >= 15 is 0 Å². The highest BCUT2D eigenvalue weighted by Crippen LogP contribution is 2.01. The van der Waals surface area contributed by atoms with E-state index in [1.165, 1.54) is 6.07 Å². The van der Waals surface area contributed by atoms with Gasteiger partial charge in [-0.2, -0.15) is 5.10 Å². The van der Waals surface area contributed by atoms with Gasteiger partial charge in [0.25, 0.3) is 5.56 Å². The van der Waals surface area contributed by atoms with Gasteiger partial charge in [-0.05, 0) is 19.4 Å². The van der Waals surface area contributed by atoms with Crippen molar-refractivity contribution in [2.24, 2.45) is 7.05 Å². The Morgan fingerprint density at radius 2 is 2.25 bits per heavy atom. The first-order valence-corrected chi connectivity index (χ1v) is 5.19. The van der Waals surface area contributed by atoms with Crippen LogP contribution in [0.1, 0.15) is 17.2 Å². The highest BCUT2D eigenvalue weighted by molar-refractivity contribution is 5.05. The molecule has 0 fully saturated rings. The summed E-state index contributed by atoms with van der Waals surface area (Å²) in [5.74, 6) is 0.728. The number of H-pyrrole nitrogens is 1. The second-order valence-corrected chi connectivity index (χ2v) is 3.78. The average Bonchev–Trinajstić information content (AvgIpc) is 2.59. The molecule has 5 heteroatoms. The topological polar surface area (TPSA) is 63.6 Å². The largest absolute Gasteiger partial charge is 0.311 e. The maximum atomic E-state index is 11.2. The van der Waals surface area contributed by atoms with Crippen LogP contribution in [0.5, 0.6) is 0 Å². The van der Waals surface area contributed by atoms with Crippen molar-refractivity contribution in [1.29, 1.82) is 0 Å². The summed E-state index contributed by atoms with van der Waals surface area (Å²) < 4.78 is 1.83. The first-order chi connectivity index (χ1) is 7.65. The van der Waals surface area contributed by atoms with Crippen LogP contribution in [0.2, 0.25) is 0 Å². The fraction of sp³-hybridized carbons (Fsp3) is 0.364. The third-order valence-electron chi connectivity index (χ3n) is 2.46. The minimum atomic E-state index is -0.0903. The number of aromatic nitrogens is 4. The van der Waals surface area contributed by atoms with Gasteiger partial charge in [-0.3, -0.25) is 9.48 Å². The molecule has 2 rings (SSSR count). The zero-order valence-electron chi connectivity index (χ0n) is 9.40. The SMILES string of the molecule is Cc1cc(=O)[nH]c(CCc2ccnn2C)n1. The normalized spacial score (nSPS) is 10.6. The van der Waals surface area contributed by atoms with E-state index in [2.05, 4.69) is 15.1 Å². The van der Waals surface area contributed by atoms with E-state index in [0.29, 0.717) is 0 Å². The predicted octanol–water partition coefficient (Wildman–Crippen LogP) is 0.597. The molecule has 1 N–H and O–H groups in total. The van der Waals surface area contributed by atoms with Gasteiger partial charge >= 0.3 is 0 Å². The Labute approximate surface area is 93.2 Å². The quantitative estimate of drug-likeness (QED) is 0.820. The van der Waals surface area contributed by atoms with Crippen LogP contribution >= 0.6 is 0 Å². The van der Waals surface area contributed by atoms with Gasteiger partial charge in [0.05, 0.1) is 0 Å². The first-order valence-electron chi connectivity index (χ1n) is 5.19. The van der Waals surface area contributed by atoms with E-state index in [0.717, 1.165) is 30.1 Å². The molecule has 0 spiro atoms. The monoisotopic (exact) mass is 218 g/mol. The second kappa shape index (κ2) is 4.30. The minimum Gasteiger partial charge on any atom is -0.311 e. The second-order valence-electron chi connectivity index (χ2n) is 3.78. The highest BCUT2D eigenvalue weighted by atomic mass is 16.1. The summed E-state index contributed by atoms with van der Waals surface area (Å²) in [6.07, 6.45) is 3.31. The molecule has 0 amide bonds. The van der Waals surface area contributed by atoms with Crippen molar-refractivity contribution in [3.05, 3.63) is 45.9 Å². The van der Waals surface area contributed by atoms with E-state index in [9.17, 15) is 4.79 Å².